The van der Waals surface area contributed by atoms with Crippen LogP contribution in [0.5, 0.6) is 0 Å². The molecular formula is C15H19N3O2. The first-order valence-corrected chi connectivity index (χ1v) is 6.97. The van der Waals surface area contributed by atoms with Crippen LogP contribution in [0.1, 0.15) is 19.8 Å². The van der Waals surface area contributed by atoms with Crippen molar-refractivity contribution in [1.29, 1.82) is 0 Å². The molecule has 0 amide bonds. The first-order valence-electron chi connectivity index (χ1n) is 6.97. The minimum Gasteiger partial charge on any atom is -0.382 e. The number of rotatable bonds is 3. The van der Waals surface area contributed by atoms with E-state index in [0.717, 1.165) is 36.4 Å². The van der Waals surface area contributed by atoms with Crippen LogP contribution in [0.25, 0.3) is 11.3 Å². The van der Waals surface area contributed by atoms with Gasteiger partial charge in [0, 0.05) is 24.4 Å². The third-order valence-corrected chi connectivity index (χ3v) is 3.65. The molecule has 0 radical (unpaired) electrons. The fraction of sp³-hybridized carbons (Fsp3) is 0.400. The van der Waals surface area contributed by atoms with Crippen LogP contribution in [0, 0.1) is 0 Å². The number of nitrogens with one attached hydrogen (secondary N) is 3. The zero-order valence-electron chi connectivity index (χ0n) is 11.5. The van der Waals surface area contributed by atoms with Crippen LogP contribution >= 0.6 is 0 Å². The summed E-state index contributed by atoms with van der Waals surface area (Å²) >= 11 is 0. The molecule has 5 heteroatoms. The second kappa shape index (κ2) is 5.54. The van der Waals surface area contributed by atoms with Gasteiger partial charge in [-0.2, -0.15) is 0 Å². The van der Waals surface area contributed by atoms with Crippen LogP contribution in [0.4, 0.5) is 5.69 Å². The molecule has 1 aliphatic heterocycles. The summed E-state index contributed by atoms with van der Waals surface area (Å²) in [5, 5.41) is 8.93. The van der Waals surface area contributed by atoms with Gasteiger partial charge in [0.25, 0.3) is 5.56 Å². The lowest BCUT2D eigenvalue weighted by Crippen LogP contribution is -2.32. The first-order chi connectivity index (χ1) is 9.70. The van der Waals surface area contributed by atoms with Gasteiger partial charge in [-0.05, 0) is 37.5 Å². The quantitative estimate of drug-likeness (QED) is 0.804. The molecule has 0 aliphatic carbocycles. The topological polar surface area (TPSA) is 69.9 Å². The largest absolute Gasteiger partial charge is 0.382 e. The second-order valence-corrected chi connectivity index (χ2v) is 5.30. The van der Waals surface area contributed by atoms with E-state index in [4.69, 9.17) is 4.74 Å². The van der Waals surface area contributed by atoms with Gasteiger partial charge in [0.1, 0.15) is 0 Å². The van der Waals surface area contributed by atoms with Crippen molar-refractivity contribution in [2.75, 3.05) is 11.9 Å². The van der Waals surface area contributed by atoms with Gasteiger partial charge in [0.05, 0.1) is 11.8 Å². The van der Waals surface area contributed by atoms with Gasteiger partial charge in [-0.1, -0.05) is 12.1 Å². The van der Waals surface area contributed by atoms with Crippen molar-refractivity contribution in [3.05, 3.63) is 40.7 Å². The van der Waals surface area contributed by atoms with E-state index in [-0.39, 0.29) is 5.56 Å². The minimum absolute atomic E-state index is 0.113. The van der Waals surface area contributed by atoms with E-state index < -0.39 is 0 Å². The van der Waals surface area contributed by atoms with Crippen LogP contribution in [0.3, 0.4) is 0 Å². The molecule has 3 N–H and O–H groups in total. The summed E-state index contributed by atoms with van der Waals surface area (Å²) in [6.07, 6.45) is 2.40. The Bertz CT molecular complexity index is 615. The summed E-state index contributed by atoms with van der Waals surface area (Å²) in [4.78, 5) is 11.1. The van der Waals surface area contributed by atoms with E-state index in [1.807, 2.05) is 24.3 Å². The minimum atomic E-state index is -0.113. The monoisotopic (exact) mass is 273 g/mol. The Morgan fingerprint density at radius 1 is 1.25 bits per heavy atom. The van der Waals surface area contributed by atoms with Crippen molar-refractivity contribution < 1.29 is 4.74 Å². The van der Waals surface area contributed by atoms with Crippen molar-refractivity contribution in [3.8, 4) is 11.3 Å². The molecule has 2 heterocycles. The predicted octanol–water partition coefficient (Wildman–Crippen LogP) is 2.35. The molecule has 1 aromatic carbocycles. The zero-order valence-corrected chi connectivity index (χ0v) is 11.5. The molecule has 5 nitrogen and oxygen atoms in total. The van der Waals surface area contributed by atoms with Gasteiger partial charge in [-0.25, -0.2) is 0 Å². The van der Waals surface area contributed by atoms with Crippen LogP contribution in [-0.4, -0.2) is 29.0 Å². The normalized spacial score (nSPS) is 22.6. The van der Waals surface area contributed by atoms with E-state index in [9.17, 15) is 4.79 Å². The molecule has 2 aromatic rings. The average Bonchev–Trinajstić information content (AvgIpc) is 2.86. The molecule has 0 bridgehead atoms. The van der Waals surface area contributed by atoms with Gasteiger partial charge >= 0.3 is 0 Å². The van der Waals surface area contributed by atoms with Crippen molar-refractivity contribution in [3.63, 3.8) is 0 Å². The smallest absolute Gasteiger partial charge is 0.264 e. The number of H-pyrrole nitrogens is 2. The highest BCUT2D eigenvalue weighted by atomic mass is 16.5. The average molecular weight is 273 g/mol. The standard InChI is InChI=1S/C15H19N3O2/c1-10-8-13(6-7-20-10)16-12-4-2-11(3-5-12)14-9-15(19)18-17-14/h2-5,9-10,13,16H,6-8H2,1H3,(H2,17,18,19). The summed E-state index contributed by atoms with van der Waals surface area (Å²) in [5.41, 5.74) is 2.79. The van der Waals surface area contributed by atoms with Crippen LogP contribution in [0.2, 0.25) is 0 Å². The Kier molecular flexibility index (Phi) is 3.60. The Labute approximate surface area is 117 Å². The maximum Gasteiger partial charge on any atom is 0.264 e. The van der Waals surface area contributed by atoms with Gasteiger partial charge < -0.3 is 10.1 Å². The lowest BCUT2D eigenvalue weighted by Gasteiger charge is -2.28. The second-order valence-electron chi connectivity index (χ2n) is 5.30. The molecule has 2 atom stereocenters. The number of hydrogen-bond donors (Lipinski definition) is 3. The molecule has 1 fully saturated rings. The third kappa shape index (κ3) is 2.93. The number of ether oxygens (including phenoxy) is 1. The van der Waals surface area contributed by atoms with Crippen LogP contribution in [0.15, 0.2) is 35.1 Å². The molecule has 20 heavy (non-hydrogen) atoms. The third-order valence-electron chi connectivity index (χ3n) is 3.65. The molecule has 106 valence electrons. The van der Waals surface area contributed by atoms with Crippen molar-refractivity contribution >= 4 is 5.69 Å². The lowest BCUT2D eigenvalue weighted by molar-refractivity contribution is 0.0232. The fourth-order valence-electron chi connectivity index (χ4n) is 2.60. The molecule has 1 aromatic heterocycles. The number of benzene rings is 1. The number of aromatic nitrogens is 2. The summed E-state index contributed by atoms with van der Waals surface area (Å²) in [5.74, 6) is 0. The summed E-state index contributed by atoms with van der Waals surface area (Å²) < 4.78 is 5.55. The highest BCUT2D eigenvalue weighted by Gasteiger charge is 2.18. The Balaban J connectivity index is 1.68. The molecule has 3 rings (SSSR count). The highest BCUT2D eigenvalue weighted by molar-refractivity contribution is 5.62. The predicted molar refractivity (Wildman–Crippen MR) is 78.9 cm³/mol. The maximum absolute atomic E-state index is 11.1. The first kappa shape index (κ1) is 13.0. The number of hydrogen-bond acceptors (Lipinski definition) is 3. The Morgan fingerprint density at radius 3 is 2.70 bits per heavy atom. The molecule has 0 saturated carbocycles. The summed E-state index contributed by atoms with van der Waals surface area (Å²) in [6, 6.07) is 10.1. The van der Waals surface area contributed by atoms with E-state index in [0.29, 0.717) is 12.1 Å². The van der Waals surface area contributed by atoms with E-state index in [1.165, 1.54) is 0 Å². The molecular weight excluding hydrogens is 254 g/mol. The molecule has 0 spiro atoms. The lowest BCUT2D eigenvalue weighted by atomic mass is 10.0. The number of aromatic amines is 2. The van der Waals surface area contributed by atoms with Gasteiger partial charge in [0.2, 0.25) is 0 Å². The van der Waals surface area contributed by atoms with E-state index in [1.54, 1.807) is 6.07 Å². The Morgan fingerprint density at radius 2 is 2.05 bits per heavy atom. The van der Waals surface area contributed by atoms with Crippen LogP contribution in [-0.2, 0) is 4.74 Å². The van der Waals surface area contributed by atoms with Crippen molar-refractivity contribution in [1.82, 2.24) is 10.2 Å². The van der Waals surface area contributed by atoms with Crippen molar-refractivity contribution in [2.45, 2.75) is 31.9 Å². The maximum atomic E-state index is 11.1. The molecule has 1 saturated heterocycles. The van der Waals surface area contributed by atoms with Gasteiger partial charge in [-0.3, -0.25) is 15.0 Å². The van der Waals surface area contributed by atoms with Gasteiger partial charge in [-0.15, -0.1) is 0 Å². The van der Waals surface area contributed by atoms with E-state index >= 15 is 0 Å². The zero-order chi connectivity index (χ0) is 13.9. The summed E-state index contributed by atoms with van der Waals surface area (Å²) in [7, 11) is 0. The fourth-order valence-corrected chi connectivity index (χ4v) is 2.60. The molecule has 2 unspecified atom stereocenters. The SMILES string of the molecule is CC1CC(Nc2ccc(-c3cc(=O)[nH][nH]3)cc2)CCO1. The molecule has 1 aliphatic rings. The van der Waals surface area contributed by atoms with Gasteiger partial charge in [0.15, 0.2) is 0 Å². The van der Waals surface area contributed by atoms with Crippen LogP contribution < -0.4 is 10.9 Å². The van der Waals surface area contributed by atoms with E-state index in [2.05, 4.69) is 22.4 Å². The van der Waals surface area contributed by atoms with Crippen molar-refractivity contribution in [2.24, 2.45) is 0 Å². The Hall–Kier alpha value is -2.01. The number of anilines is 1. The highest BCUT2D eigenvalue weighted by Crippen LogP contribution is 2.21. The summed E-state index contributed by atoms with van der Waals surface area (Å²) in [6.45, 7) is 2.93.